The van der Waals surface area contributed by atoms with Gasteiger partial charge in [0.1, 0.15) is 0 Å². The number of hydrogen-bond donors (Lipinski definition) is 3. The summed E-state index contributed by atoms with van der Waals surface area (Å²) in [7, 11) is 0. The molecule has 0 aliphatic heterocycles. The second kappa shape index (κ2) is 8.54. The molecule has 132 valence electrons. The zero-order valence-corrected chi connectivity index (χ0v) is 15.8. The highest BCUT2D eigenvalue weighted by molar-refractivity contribution is 9.10. The fraction of sp³-hybridized carbons (Fsp3) is 0.0588. The van der Waals surface area contributed by atoms with E-state index in [-0.39, 0.29) is 12.5 Å². The number of hydrogen-bond acceptors (Lipinski definition) is 5. The van der Waals surface area contributed by atoms with Crippen LogP contribution in [0.25, 0.3) is 11.3 Å². The summed E-state index contributed by atoms with van der Waals surface area (Å²) in [6.07, 6.45) is 3.38. The maximum Gasteiger partial charge on any atom is 0.321 e. The molecule has 0 saturated carbocycles. The van der Waals surface area contributed by atoms with Crippen LogP contribution in [-0.4, -0.2) is 28.5 Å². The molecule has 0 saturated heterocycles. The average molecular weight is 432 g/mol. The Bertz CT molecular complexity index is 899. The van der Waals surface area contributed by atoms with Gasteiger partial charge in [-0.1, -0.05) is 15.9 Å². The Labute approximate surface area is 162 Å². The van der Waals surface area contributed by atoms with Crippen LogP contribution in [0.2, 0.25) is 0 Å². The lowest BCUT2D eigenvalue weighted by atomic mass is 10.2. The predicted octanol–water partition coefficient (Wildman–Crippen LogP) is 3.73. The molecule has 3 amide bonds. The molecule has 3 rings (SSSR count). The van der Waals surface area contributed by atoms with Crippen molar-refractivity contribution in [2.45, 2.75) is 0 Å². The summed E-state index contributed by atoms with van der Waals surface area (Å²) in [6.45, 7) is -0.150. The SMILES string of the molecule is O=C(CNC(=O)Nc1nc(-c2cccnc2)cs1)Nc1ccc(Br)cc1. The van der Waals surface area contributed by atoms with E-state index in [2.05, 4.69) is 41.8 Å². The van der Waals surface area contributed by atoms with Crippen LogP contribution in [-0.2, 0) is 4.79 Å². The molecule has 0 unspecified atom stereocenters. The average Bonchev–Trinajstić information content (AvgIpc) is 3.11. The Morgan fingerprint density at radius 2 is 1.92 bits per heavy atom. The Kier molecular flexibility index (Phi) is 5.92. The first-order valence-corrected chi connectivity index (χ1v) is 9.23. The summed E-state index contributed by atoms with van der Waals surface area (Å²) in [5.74, 6) is -0.322. The molecular weight excluding hydrogens is 418 g/mol. The standard InChI is InChI=1S/C17H14BrN5O2S/c18-12-3-5-13(6-4-12)21-15(24)9-20-16(25)23-17-22-14(10-26-17)11-2-1-7-19-8-11/h1-8,10H,9H2,(H,21,24)(H2,20,22,23,25). The third kappa shape index (κ3) is 5.11. The van der Waals surface area contributed by atoms with E-state index in [1.807, 2.05) is 29.6 Å². The molecule has 0 bridgehead atoms. The number of thiazole rings is 1. The lowest BCUT2D eigenvalue weighted by molar-refractivity contribution is -0.115. The van der Waals surface area contributed by atoms with Gasteiger partial charge in [-0.05, 0) is 36.4 Å². The number of nitrogens with zero attached hydrogens (tertiary/aromatic N) is 2. The van der Waals surface area contributed by atoms with Crippen molar-refractivity contribution in [1.29, 1.82) is 0 Å². The van der Waals surface area contributed by atoms with E-state index in [1.54, 1.807) is 24.5 Å². The zero-order valence-electron chi connectivity index (χ0n) is 13.4. The van der Waals surface area contributed by atoms with Gasteiger partial charge in [0.2, 0.25) is 5.91 Å². The summed E-state index contributed by atoms with van der Waals surface area (Å²) in [4.78, 5) is 32.1. The second-order valence-corrected chi connectivity index (χ2v) is 6.92. The first-order chi connectivity index (χ1) is 12.6. The number of benzene rings is 1. The van der Waals surface area contributed by atoms with Gasteiger partial charge in [-0.15, -0.1) is 11.3 Å². The number of carbonyl (C=O) groups excluding carboxylic acids is 2. The number of pyridine rings is 1. The number of aromatic nitrogens is 2. The topological polar surface area (TPSA) is 96.0 Å². The van der Waals surface area contributed by atoms with Crippen LogP contribution < -0.4 is 16.0 Å². The zero-order chi connectivity index (χ0) is 18.4. The van der Waals surface area contributed by atoms with E-state index in [0.29, 0.717) is 10.8 Å². The molecule has 26 heavy (non-hydrogen) atoms. The van der Waals surface area contributed by atoms with Crippen molar-refractivity contribution in [1.82, 2.24) is 15.3 Å². The Morgan fingerprint density at radius 1 is 1.12 bits per heavy atom. The van der Waals surface area contributed by atoms with E-state index in [0.717, 1.165) is 15.7 Å². The first kappa shape index (κ1) is 18.0. The molecule has 3 N–H and O–H groups in total. The van der Waals surface area contributed by atoms with Crippen molar-refractivity contribution in [3.63, 3.8) is 0 Å². The molecule has 1 aromatic carbocycles. The number of carbonyl (C=O) groups is 2. The lowest BCUT2D eigenvalue weighted by Gasteiger charge is -2.07. The number of amides is 3. The molecule has 9 heteroatoms. The Balaban J connectivity index is 1.47. The number of rotatable bonds is 5. The van der Waals surface area contributed by atoms with Crippen LogP contribution >= 0.6 is 27.3 Å². The number of halogens is 1. The van der Waals surface area contributed by atoms with Gasteiger partial charge in [0.15, 0.2) is 5.13 Å². The first-order valence-electron chi connectivity index (χ1n) is 7.56. The van der Waals surface area contributed by atoms with Crippen molar-refractivity contribution in [2.75, 3.05) is 17.2 Å². The highest BCUT2D eigenvalue weighted by atomic mass is 79.9. The Hall–Kier alpha value is -2.78. The molecular formula is C17H14BrN5O2S. The molecule has 0 aliphatic rings. The molecule has 3 aromatic rings. The van der Waals surface area contributed by atoms with E-state index >= 15 is 0 Å². The van der Waals surface area contributed by atoms with E-state index in [9.17, 15) is 9.59 Å². The highest BCUT2D eigenvalue weighted by Crippen LogP contribution is 2.23. The summed E-state index contributed by atoms with van der Waals surface area (Å²) < 4.78 is 0.919. The van der Waals surface area contributed by atoms with Crippen molar-refractivity contribution in [3.8, 4) is 11.3 Å². The minimum Gasteiger partial charge on any atom is -0.329 e. The van der Waals surface area contributed by atoms with Crippen LogP contribution in [0, 0.1) is 0 Å². The fourth-order valence-electron chi connectivity index (χ4n) is 2.02. The van der Waals surface area contributed by atoms with Crippen LogP contribution in [0.5, 0.6) is 0 Å². The smallest absolute Gasteiger partial charge is 0.321 e. The number of nitrogens with one attached hydrogen (secondary N) is 3. The number of anilines is 2. The van der Waals surface area contributed by atoms with Gasteiger partial charge in [-0.2, -0.15) is 0 Å². The summed E-state index contributed by atoms with van der Waals surface area (Å²) >= 11 is 4.62. The van der Waals surface area contributed by atoms with Crippen LogP contribution in [0.15, 0.2) is 58.6 Å². The van der Waals surface area contributed by atoms with Gasteiger partial charge in [-0.3, -0.25) is 15.1 Å². The van der Waals surface area contributed by atoms with Crippen LogP contribution in [0.1, 0.15) is 0 Å². The van der Waals surface area contributed by atoms with Gasteiger partial charge in [-0.25, -0.2) is 9.78 Å². The summed E-state index contributed by atoms with van der Waals surface area (Å²) in [6, 6.07) is 10.4. The lowest BCUT2D eigenvalue weighted by Crippen LogP contribution is -2.35. The van der Waals surface area contributed by atoms with Crippen LogP contribution in [0.3, 0.4) is 0 Å². The summed E-state index contributed by atoms with van der Waals surface area (Å²) in [5.41, 5.74) is 2.25. The second-order valence-electron chi connectivity index (χ2n) is 5.14. The Morgan fingerprint density at radius 3 is 2.65 bits per heavy atom. The van der Waals surface area contributed by atoms with E-state index in [4.69, 9.17) is 0 Å². The van der Waals surface area contributed by atoms with Gasteiger partial charge < -0.3 is 10.6 Å². The van der Waals surface area contributed by atoms with Crippen LogP contribution in [0.4, 0.5) is 15.6 Å². The van der Waals surface area contributed by atoms with Gasteiger partial charge in [0.25, 0.3) is 0 Å². The van der Waals surface area contributed by atoms with Gasteiger partial charge >= 0.3 is 6.03 Å². The molecule has 2 aromatic heterocycles. The maximum atomic E-state index is 11.9. The van der Waals surface area contributed by atoms with Gasteiger partial charge in [0, 0.05) is 33.5 Å². The normalized spacial score (nSPS) is 10.2. The van der Waals surface area contributed by atoms with Crippen molar-refractivity contribution in [2.24, 2.45) is 0 Å². The quantitative estimate of drug-likeness (QED) is 0.573. The molecule has 0 fully saturated rings. The molecule has 7 nitrogen and oxygen atoms in total. The van der Waals surface area contributed by atoms with Gasteiger partial charge in [0.05, 0.1) is 12.2 Å². The van der Waals surface area contributed by atoms with E-state index < -0.39 is 6.03 Å². The minimum absolute atomic E-state index is 0.150. The fourth-order valence-corrected chi connectivity index (χ4v) is 3.00. The highest BCUT2D eigenvalue weighted by Gasteiger charge is 2.09. The maximum absolute atomic E-state index is 11.9. The largest absolute Gasteiger partial charge is 0.329 e. The number of urea groups is 1. The predicted molar refractivity (Wildman–Crippen MR) is 105 cm³/mol. The van der Waals surface area contributed by atoms with Crippen molar-refractivity contribution in [3.05, 3.63) is 58.6 Å². The molecule has 0 radical (unpaired) electrons. The molecule has 0 spiro atoms. The van der Waals surface area contributed by atoms with Crippen molar-refractivity contribution < 1.29 is 9.59 Å². The molecule has 0 atom stereocenters. The molecule has 0 aliphatic carbocycles. The van der Waals surface area contributed by atoms with E-state index in [1.165, 1.54) is 11.3 Å². The third-order valence-electron chi connectivity index (χ3n) is 3.22. The summed E-state index contributed by atoms with van der Waals surface area (Å²) in [5, 5.41) is 10.1. The minimum atomic E-state index is -0.497. The monoisotopic (exact) mass is 431 g/mol. The molecule has 2 heterocycles. The van der Waals surface area contributed by atoms with Crippen molar-refractivity contribution >= 4 is 50.0 Å². The third-order valence-corrected chi connectivity index (χ3v) is 4.51.